The molecule has 0 spiro atoms. The van der Waals surface area contributed by atoms with Crippen molar-refractivity contribution >= 4 is 11.6 Å². The Morgan fingerprint density at radius 3 is 2.69 bits per heavy atom. The molecule has 1 nitrogen and oxygen atoms in total. The van der Waals surface area contributed by atoms with Crippen molar-refractivity contribution < 1.29 is 9.50 Å². The molecule has 1 aromatic carbocycles. The second-order valence-corrected chi connectivity index (χ2v) is 3.04. The SMILES string of the molecule is CC(O)C#Cc1cc(F)cc(Cl)c1. The first-order valence-electron chi connectivity index (χ1n) is 3.73. The van der Waals surface area contributed by atoms with Gasteiger partial charge in [-0.1, -0.05) is 23.4 Å². The number of benzene rings is 1. The topological polar surface area (TPSA) is 20.2 Å². The number of halogens is 2. The molecular formula is C10H8ClFO. The highest BCUT2D eigenvalue weighted by atomic mass is 35.5. The van der Waals surface area contributed by atoms with Gasteiger partial charge in [-0.2, -0.15) is 0 Å². The number of aliphatic hydroxyl groups is 1. The first-order chi connectivity index (χ1) is 6.08. The summed E-state index contributed by atoms with van der Waals surface area (Å²) in [6.07, 6.45) is -0.720. The molecule has 0 aliphatic carbocycles. The van der Waals surface area contributed by atoms with E-state index in [2.05, 4.69) is 11.8 Å². The van der Waals surface area contributed by atoms with Crippen LogP contribution in [0.3, 0.4) is 0 Å². The molecule has 13 heavy (non-hydrogen) atoms. The zero-order valence-electron chi connectivity index (χ0n) is 7.01. The quantitative estimate of drug-likeness (QED) is 0.634. The number of hydrogen-bond donors (Lipinski definition) is 1. The van der Waals surface area contributed by atoms with Gasteiger partial charge in [0.1, 0.15) is 11.9 Å². The van der Waals surface area contributed by atoms with E-state index in [1.165, 1.54) is 19.1 Å². The van der Waals surface area contributed by atoms with E-state index in [9.17, 15) is 4.39 Å². The molecule has 0 radical (unpaired) electrons. The maximum atomic E-state index is 12.7. The van der Waals surface area contributed by atoms with Crippen LogP contribution in [-0.4, -0.2) is 11.2 Å². The van der Waals surface area contributed by atoms with Gasteiger partial charge in [0.05, 0.1) is 0 Å². The van der Waals surface area contributed by atoms with Crippen molar-refractivity contribution in [3.63, 3.8) is 0 Å². The molecule has 0 amide bonds. The summed E-state index contributed by atoms with van der Waals surface area (Å²) >= 11 is 5.60. The first kappa shape index (κ1) is 10.0. The van der Waals surface area contributed by atoms with E-state index in [4.69, 9.17) is 16.7 Å². The van der Waals surface area contributed by atoms with Gasteiger partial charge in [-0.25, -0.2) is 4.39 Å². The summed E-state index contributed by atoms with van der Waals surface area (Å²) in [5, 5.41) is 9.15. The Balaban J connectivity index is 2.98. The summed E-state index contributed by atoms with van der Waals surface area (Å²) in [4.78, 5) is 0. The molecule has 0 bridgehead atoms. The zero-order chi connectivity index (χ0) is 9.84. The monoisotopic (exact) mass is 198 g/mol. The molecule has 1 unspecified atom stereocenters. The van der Waals surface area contributed by atoms with E-state index in [1.807, 2.05) is 0 Å². The first-order valence-corrected chi connectivity index (χ1v) is 4.11. The van der Waals surface area contributed by atoms with Crippen LogP contribution in [0, 0.1) is 17.7 Å². The van der Waals surface area contributed by atoms with Gasteiger partial charge in [-0.15, -0.1) is 0 Å². The summed E-state index contributed by atoms with van der Waals surface area (Å²) in [7, 11) is 0. The van der Waals surface area contributed by atoms with Crippen LogP contribution in [0.1, 0.15) is 12.5 Å². The Bertz CT molecular complexity index is 343. The number of hydrogen-bond acceptors (Lipinski definition) is 1. The fraction of sp³-hybridized carbons (Fsp3) is 0.200. The van der Waals surface area contributed by atoms with Gasteiger partial charge in [0.25, 0.3) is 0 Å². The molecular weight excluding hydrogens is 191 g/mol. The normalized spacial score (nSPS) is 11.7. The number of aliphatic hydroxyl groups excluding tert-OH is 1. The van der Waals surface area contributed by atoms with Gasteiger partial charge in [-0.3, -0.25) is 0 Å². The van der Waals surface area contributed by atoms with Crippen LogP contribution in [0.5, 0.6) is 0 Å². The molecule has 1 aromatic rings. The van der Waals surface area contributed by atoms with E-state index in [-0.39, 0.29) is 0 Å². The van der Waals surface area contributed by atoms with Crippen molar-refractivity contribution in [3.8, 4) is 11.8 Å². The van der Waals surface area contributed by atoms with Crippen molar-refractivity contribution in [1.29, 1.82) is 0 Å². The highest BCUT2D eigenvalue weighted by Crippen LogP contribution is 2.12. The average molecular weight is 199 g/mol. The van der Waals surface area contributed by atoms with Crippen LogP contribution < -0.4 is 0 Å². The minimum absolute atomic E-state index is 0.301. The van der Waals surface area contributed by atoms with Gasteiger partial charge < -0.3 is 5.11 Å². The lowest BCUT2D eigenvalue weighted by Gasteiger charge is -1.94. The van der Waals surface area contributed by atoms with Crippen LogP contribution >= 0.6 is 11.6 Å². The molecule has 0 fully saturated rings. The third kappa shape index (κ3) is 3.45. The molecule has 0 heterocycles. The van der Waals surface area contributed by atoms with Crippen LogP contribution in [-0.2, 0) is 0 Å². The van der Waals surface area contributed by atoms with Crippen LogP contribution in [0.15, 0.2) is 18.2 Å². The van der Waals surface area contributed by atoms with E-state index in [0.29, 0.717) is 10.6 Å². The Labute approximate surface area is 81.2 Å². The van der Waals surface area contributed by atoms with E-state index < -0.39 is 11.9 Å². The third-order valence-electron chi connectivity index (χ3n) is 1.29. The Kier molecular flexibility index (Phi) is 3.30. The minimum Gasteiger partial charge on any atom is -0.381 e. The fourth-order valence-electron chi connectivity index (χ4n) is 0.814. The van der Waals surface area contributed by atoms with Crippen molar-refractivity contribution in [2.45, 2.75) is 13.0 Å². The smallest absolute Gasteiger partial charge is 0.125 e. The maximum absolute atomic E-state index is 12.7. The molecule has 68 valence electrons. The molecule has 0 aliphatic heterocycles. The molecule has 1 rings (SSSR count). The van der Waals surface area contributed by atoms with E-state index >= 15 is 0 Å². The second kappa shape index (κ2) is 4.27. The van der Waals surface area contributed by atoms with Crippen molar-refractivity contribution in [2.75, 3.05) is 0 Å². The molecule has 0 saturated heterocycles. The molecule has 0 aromatic heterocycles. The summed E-state index contributed by atoms with van der Waals surface area (Å²) in [5.41, 5.74) is 0.464. The van der Waals surface area contributed by atoms with Crippen LogP contribution in [0.4, 0.5) is 4.39 Å². The lowest BCUT2D eigenvalue weighted by Crippen LogP contribution is -1.92. The van der Waals surface area contributed by atoms with Crippen LogP contribution in [0.25, 0.3) is 0 Å². The van der Waals surface area contributed by atoms with Crippen molar-refractivity contribution in [1.82, 2.24) is 0 Å². The van der Waals surface area contributed by atoms with Gasteiger partial charge in [-0.05, 0) is 25.1 Å². The lowest BCUT2D eigenvalue weighted by atomic mass is 10.2. The Morgan fingerprint density at radius 2 is 2.15 bits per heavy atom. The Morgan fingerprint density at radius 1 is 1.46 bits per heavy atom. The maximum Gasteiger partial charge on any atom is 0.125 e. The standard InChI is InChI=1S/C10H8ClFO/c1-7(13)2-3-8-4-9(11)6-10(12)5-8/h4-7,13H,1H3. The fourth-order valence-corrected chi connectivity index (χ4v) is 1.04. The van der Waals surface area contributed by atoms with Gasteiger partial charge >= 0.3 is 0 Å². The van der Waals surface area contributed by atoms with Crippen molar-refractivity contribution in [2.24, 2.45) is 0 Å². The second-order valence-electron chi connectivity index (χ2n) is 2.60. The molecule has 3 heteroatoms. The summed E-state index contributed by atoms with van der Waals surface area (Å²) in [6, 6.07) is 4.01. The summed E-state index contributed by atoms with van der Waals surface area (Å²) < 4.78 is 12.7. The van der Waals surface area contributed by atoms with Crippen LogP contribution in [0.2, 0.25) is 5.02 Å². The largest absolute Gasteiger partial charge is 0.381 e. The van der Waals surface area contributed by atoms with Gasteiger partial charge in [0.2, 0.25) is 0 Å². The highest BCUT2D eigenvalue weighted by molar-refractivity contribution is 6.30. The summed E-state index contributed by atoms with van der Waals surface area (Å²) in [5.74, 6) is 4.67. The minimum atomic E-state index is -0.720. The summed E-state index contributed by atoms with van der Waals surface area (Å²) in [6.45, 7) is 1.54. The van der Waals surface area contributed by atoms with E-state index in [0.717, 1.165) is 0 Å². The number of rotatable bonds is 0. The lowest BCUT2D eigenvalue weighted by molar-refractivity contribution is 0.253. The highest BCUT2D eigenvalue weighted by Gasteiger charge is 1.96. The molecule has 1 N–H and O–H groups in total. The van der Waals surface area contributed by atoms with E-state index in [1.54, 1.807) is 6.07 Å². The predicted molar refractivity (Wildman–Crippen MR) is 50.0 cm³/mol. The zero-order valence-corrected chi connectivity index (χ0v) is 7.77. The van der Waals surface area contributed by atoms with Crippen molar-refractivity contribution in [3.05, 3.63) is 34.6 Å². The average Bonchev–Trinajstić information content (AvgIpc) is 1.99. The molecule has 0 aliphatic rings. The molecule has 0 saturated carbocycles. The van der Waals surface area contributed by atoms with Gasteiger partial charge in [0.15, 0.2) is 0 Å². The Hall–Kier alpha value is -1.04. The third-order valence-corrected chi connectivity index (χ3v) is 1.51. The van der Waals surface area contributed by atoms with Gasteiger partial charge in [0, 0.05) is 10.6 Å². The molecule has 1 atom stereocenters. The predicted octanol–water partition coefficient (Wildman–Crippen LogP) is 2.21.